The molecule has 1 aromatic heterocycles. The predicted octanol–water partition coefficient (Wildman–Crippen LogP) is 2.88. The number of hydrogen-bond acceptors (Lipinski definition) is 3. The number of benzene rings is 1. The van der Waals surface area contributed by atoms with Gasteiger partial charge in [-0.1, -0.05) is 12.1 Å². The second-order valence-electron chi connectivity index (χ2n) is 5.32. The molecule has 4 heteroatoms. The lowest BCUT2D eigenvalue weighted by Crippen LogP contribution is -2.33. The van der Waals surface area contributed by atoms with E-state index < -0.39 is 0 Å². The molecular weight excluding hydrogens is 264 g/mol. The van der Waals surface area contributed by atoms with Crippen molar-refractivity contribution < 1.29 is 9.21 Å². The molecule has 4 nitrogen and oxygen atoms in total. The van der Waals surface area contributed by atoms with E-state index in [1.807, 2.05) is 29.2 Å². The number of nitrogens with zero attached hydrogens (tertiary/aromatic N) is 2. The third-order valence-corrected chi connectivity index (χ3v) is 3.65. The maximum atomic E-state index is 12.5. The minimum absolute atomic E-state index is 0.110. The standard InChI is InChI=1S/C17H16N2O2/c18-11-14-5-3-13(4-6-14)10-17(20)19(15-7-8-15)12-16-2-1-9-21-16/h1-6,9,15H,7-8,10,12H2. The Morgan fingerprint density at radius 3 is 2.62 bits per heavy atom. The minimum atomic E-state index is 0.110. The highest BCUT2D eigenvalue weighted by atomic mass is 16.3. The quantitative estimate of drug-likeness (QED) is 0.846. The van der Waals surface area contributed by atoms with Crippen molar-refractivity contribution >= 4 is 5.91 Å². The molecule has 1 fully saturated rings. The van der Waals surface area contributed by atoms with Crippen molar-refractivity contribution in [1.82, 2.24) is 4.90 Å². The van der Waals surface area contributed by atoms with Crippen LogP contribution in [0.5, 0.6) is 0 Å². The van der Waals surface area contributed by atoms with Crippen molar-refractivity contribution in [2.75, 3.05) is 0 Å². The summed E-state index contributed by atoms with van der Waals surface area (Å²) in [4.78, 5) is 14.4. The van der Waals surface area contributed by atoms with Gasteiger partial charge in [-0.05, 0) is 42.7 Å². The first-order valence-electron chi connectivity index (χ1n) is 7.07. The molecule has 21 heavy (non-hydrogen) atoms. The zero-order valence-electron chi connectivity index (χ0n) is 11.7. The maximum absolute atomic E-state index is 12.5. The molecule has 3 rings (SSSR count). The average Bonchev–Trinajstić information content (AvgIpc) is 3.21. The third-order valence-electron chi connectivity index (χ3n) is 3.65. The molecule has 0 atom stereocenters. The summed E-state index contributed by atoms with van der Waals surface area (Å²) >= 11 is 0. The molecule has 0 bridgehead atoms. The third kappa shape index (κ3) is 3.32. The summed E-state index contributed by atoms with van der Waals surface area (Å²) in [6, 6.07) is 13.3. The molecule has 1 heterocycles. The highest BCUT2D eigenvalue weighted by molar-refractivity contribution is 5.79. The van der Waals surface area contributed by atoms with E-state index in [-0.39, 0.29) is 5.91 Å². The van der Waals surface area contributed by atoms with Crippen LogP contribution in [0, 0.1) is 11.3 Å². The highest BCUT2D eigenvalue weighted by Crippen LogP contribution is 2.29. The summed E-state index contributed by atoms with van der Waals surface area (Å²) in [7, 11) is 0. The van der Waals surface area contributed by atoms with Crippen LogP contribution in [-0.2, 0) is 17.8 Å². The number of rotatable bonds is 5. The van der Waals surface area contributed by atoms with E-state index >= 15 is 0 Å². The molecule has 1 saturated carbocycles. The van der Waals surface area contributed by atoms with Gasteiger partial charge in [0.15, 0.2) is 0 Å². The van der Waals surface area contributed by atoms with Gasteiger partial charge in [-0.2, -0.15) is 5.26 Å². The zero-order valence-corrected chi connectivity index (χ0v) is 11.7. The Labute approximate surface area is 123 Å². The second kappa shape index (κ2) is 5.84. The van der Waals surface area contributed by atoms with Crippen molar-refractivity contribution in [1.29, 1.82) is 5.26 Å². The van der Waals surface area contributed by atoms with Crippen molar-refractivity contribution in [3.05, 3.63) is 59.5 Å². The van der Waals surface area contributed by atoms with Crippen molar-refractivity contribution in [3.8, 4) is 6.07 Å². The molecule has 1 aliphatic carbocycles. The number of carbonyl (C=O) groups excluding carboxylic acids is 1. The minimum Gasteiger partial charge on any atom is -0.467 e. The molecule has 1 aromatic carbocycles. The summed E-state index contributed by atoms with van der Waals surface area (Å²) in [5.74, 6) is 0.925. The van der Waals surface area contributed by atoms with Gasteiger partial charge in [0, 0.05) is 6.04 Å². The first-order chi connectivity index (χ1) is 10.3. The van der Waals surface area contributed by atoms with Crippen LogP contribution in [-0.4, -0.2) is 16.8 Å². The van der Waals surface area contributed by atoms with Gasteiger partial charge in [0.25, 0.3) is 0 Å². The average molecular weight is 280 g/mol. The fourth-order valence-electron chi connectivity index (χ4n) is 2.35. The summed E-state index contributed by atoms with van der Waals surface area (Å²) in [5, 5.41) is 8.79. The summed E-state index contributed by atoms with van der Waals surface area (Å²) < 4.78 is 5.34. The fraction of sp³-hybridized carbons (Fsp3) is 0.294. The van der Waals surface area contributed by atoms with E-state index in [0.717, 1.165) is 24.2 Å². The van der Waals surface area contributed by atoms with Crippen LogP contribution >= 0.6 is 0 Å². The highest BCUT2D eigenvalue weighted by Gasteiger charge is 2.32. The van der Waals surface area contributed by atoms with Gasteiger partial charge < -0.3 is 9.32 Å². The van der Waals surface area contributed by atoms with E-state index in [1.54, 1.807) is 18.4 Å². The number of furan rings is 1. The molecular formula is C17H16N2O2. The van der Waals surface area contributed by atoms with Crippen LogP contribution in [0.2, 0.25) is 0 Å². The first kappa shape index (κ1) is 13.4. The van der Waals surface area contributed by atoms with Crippen LogP contribution in [0.3, 0.4) is 0 Å². The molecule has 0 radical (unpaired) electrons. The number of nitriles is 1. The normalized spacial score (nSPS) is 13.7. The van der Waals surface area contributed by atoms with Gasteiger partial charge in [0.2, 0.25) is 5.91 Å². The van der Waals surface area contributed by atoms with E-state index in [2.05, 4.69) is 6.07 Å². The lowest BCUT2D eigenvalue weighted by Gasteiger charge is -2.21. The van der Waals surface area contributed by atoms with Gasteiger partial charge in [0.05, 0.1) is 30.9 Å². The van der Waals surface area contributed by atoms with Crippen molar-refractivity contribution in [3.63, 3.8) is 0 Å². The second-order valence-corrected chi connectivity index (χ2v) is 5.32. The van der Waals surface area contributed by atoms with Crippen LogP contribution in [0.4, 0.5) is 0 Å². The lowest BCUT2D eigenvalue weighted by atomic mass is 10.1. The Balaban J connectivity index is 1.67. The molecule has 1 amide bonds. The fourth-order valence-corrected chi connectivity index (χ4v) is 2.35. The molecule has 0 aliphatic heterocycles. The summed E-state index contributed by atoms with van der Waals surface area (Å²) in [5.41, 5.74) is 1.55. The monoisotopic (exact) mass is 280 g/mol. The van der Waals surface area contributed by atoms with Crippen LogP contribution < -0.4 is 0 Å². The number of hydrogen-bond donors (Lipinski definition) is 0. The Kier molecular flexibility index (Phi) is 3.74. The molecule has 2 aromatic rings. The molecule has 0 unspecified atom stereocenters. The molecule has 0 spiro atoms. The smallest absolute Gasteiger partial charge is 0.227 e. The Morgan fingerprint density at radius 2 is 2.05 bits per heavy atom. The van der Waals surface area contributed by atoms with Gasteiger partial charge in [-0.15, -0.1) is 0 Å². The first-order valence-corrected chi connectivity index (χ1v) is 7.07. The SMILES string of the molecule is N#Cc1ccc(CC(=O)N(Cc2ccco2)C2CC2)cc1. The number of amides is 1. The van der Waals surface area contributed by atoms with Gasteiger partial charge in [0.1, 0.15) is 5.76 Å². The van der Waals surface area contributed by atoms with E-state index in [4.69, 9.17) is 9.68 Å². The molecule has 1 aliphatic rings. The zero-order chi connectivity index (χ0) is 14.7. The van der Waals surface area contributed by atoms with Crippen LogP contribution in [0.15, 0.2) is 47.1 Å². The van der Waals surface area contributed by atoms with E-state index in [9.17, 15) is 4.79 Å². The summed E-state index contributed by atoms with van der Waals surface area (Å²) in [6.45, 7) is 0.535. The molecule has 0 N–H and O–H groups in total. The summed E-state index contributed by atoms with van der Waals surface area (Å²) in [6.07, 6.45) is 4.13. The predicted molar refractivity (Wildman–Crippen MR) is 77.1 cm³/mol. The van der Waals surface area contributed by atoms with Gasteiger partial charge in [-0.25, -0.2) is 0 Å². The van der Waals surface area contributed by atoms with Crippen LogP contribution in [0.25, 0.3) is 0 Å². The van der Waals surface area contributed by atoms with E-state index in [1.165, 1.54) is 0 Å². The Hall–Kier alpha value is -2.54. The van der Waals surface area contributed by atoms with Gasteiger partial charge >= 0.3 is 0 Å². The van der Waals surface area contributed by atoms with Crippen molar-refractivity contribution in [2.24, 2.45) is 0 Å². The lowest BCUT2D eigenvalue weighted by molar-refractivity contribution is -0.131. The maximum Gasteiger partial charge on any atom is 0.227 e. The van der Waals surface area contributed by atoms with E-state index in [0.29, 0.717) is 24.6 Å². The topological polar surface area (TPSA) is 57.2 Å². The Bertz CT molecular complexity index is 649. The molecule has 106 valence electrons. The van der Waals surface area contributed by atoms with Crippen molar-refractivity contribution in [2.45, 2.75) is 31.8 Å². The number of carbonyl (C=O) groups is 1. The van der Waals surface area contributed by atoms with Crippen LogP contribution in [0.1, 0.15) is 29.7 Å². The van der Waals surface area contributed by atoms with Gasteiger partial charge in [-0.3, -0.25) is 4.79 Å². The largest absolute Gasteiger partial charge is 0.467 e. The molecule has 0 saturated heterocycles. The Morgan fingerprint density at radius 1 is 1.29 bits per heavy atom.